The zero-order chi connectivity index (χ0) is 24.4. The summed E-state index contributed by atoms with van der Waals surface area (Å²) < 4.78 is 2.32. The van der Waals surface area contributed by atoms with Gasteiger partial charge in [0.1, 0.15) is 5.82 Å². The summed E-state index contributed by atoms with van der Waals surface area (Å²) in [5.74, 6) is 1.37. The number of hydrogen-bond donors (Lipinski definition) is 0. The highest BCUT2D eigenvalue weighted by molar-refractivity contribution is 5.94. The third kappa shape index (κ3) is 4.96. The molecule has 2 saturated heterocycles. The van der Waals surface area contributed by atoms with E-state index in [-0.39, 0.29) is 17.7 Å². The van der Waals surface area contributed by atoms with Gasteiger partial charge in [0.25, 0.3) is 5.91 Å². The Morgan fingerprint density at radius 2 is 1.60 bits per heavy atom. The first kappa shape index (κ1) is 23.5. The fraction of sp³-hybridized carbons (Fsp3) is 0.464. The Bertz CT molecular complexity index is 1180. The van der Waals surface area contributed by atoms with E-state index in [0.29, 0.717) is 37.8 Å². The second kappa shape index (κ2) is 10.2. The summed E-state index contributed by atoms with van der Waals surface area (Å²) in [5, 5.41) is 0. The number of aromatic nitrogens is 2. The van der Waals surface area contributed by atoms with Crippen LogP contribution in [0.1, 0.15) is 48.9 Å². The topological polar surface area (TPSA) is 61.7 Å². The molecule has 0 aliphatic carbocycles. The van der Waals surface area contributed by atoms with Crippen molar-refractivity contribution in [2.75, 3.05) is 39.3 Å². The van der Waals surface area contributed by atoms with Crippen LogP contribution in [0.25, 0.3) is 11.0 Å². The fourth-order valence-corrected chi connectivity index (χ4v) is 5.53. The van der Waals surface area contributed by atoms with Crippen molar-refractivity contribution in [3.05, 3.63) is 66.0 Å². The van der Waals surface area contributed by atoms with E-state index in [1.54, 1.807) is 0 Å². The smallest absolute Gasteiger partial charge is 0.253 e. The predicted molar refractivity (Wildman–Crippen MR) is 137 cm³/mol. The molecule has 0 saturated carbocycles. The molecule has 1 atom stereocenters. The lowest BCUT2D eigenvalue weighted by Crippen LogP contribution is -2.53. The largest absolute Gasteiger partial charge is 0.339 e. The second-order valence-electron chi connectivity index (χ2n) is 10.0. The van der Waals surface area contributed by atoms with Crippen LogP contribution in [0.3, 0.4) is 0 Å². The summed E-state index contributed by atoms with van der Waals surface area (Å²) in [6.07, 6.45) is 1.95. The third-order valence-electron chi connectivity index (χ3n) is 7.30. The van der Waals surface area contributed by atoms with Gasteiger partial charge in [-0.3, -0.25) is 14.5 Å². The van der Waals surface area contributed by atoms with Crippen molar-refractivity contribution in [3.63, 3.8) is 0 Å². The first-order valence-corrected chi connectivity index (χ1v) is 12.8. The Kier molecular flexibility index (Phi) is 6.86. The maximum Gasteiger partial charge on any atom is 0.253 e. The molecule has 7 heteroatoms. The number of para-hydroxylation sites is 2. The van der Waals surface area contributed by atoms with Crippen molar-refractivity contribution in [1.82, 2.24) is 24.3 Å². The quantitative estimate of drug-likeness (QED) is 0.565. The Hall–Kier alpha value is -3.19. The zero-order valence-electron chi connectivity index (χ0n) is 20.8. The number of carbonyl (C=O) groups is 2. The lowest BCUT2D eigenvalue weighted by atomic mass is 9.96. The first-order chi connectivity index (χ1) is 17.0. The Balaban J connectivity index is 1.20. The average molecular weight is 474 g/mol. The lowest BCUT2D eigenvalue weighted by Gasteiger charge is -2.39. The van der Waals surface area contributed by atoms with E-state index in [1.165, 1.54) is 5.52 Å². The Labute approximate surface area is 207 Å². The summed E-state index contributed by atoms with van der Waals surface area (Å²) in [6.45, 7) is 9.31. The van der Waals surface area contributed by atoms with Crippen molar-refractivity contribution in [1.29, 1.82) is 0 Å². The molecule has 184 valence electrons. The van der Waals surface area contributed by atoms with Gasteiger partial charge in [0.15, 0.2) is 0 Å². The molecule has 0 N–H and O–H groups in total. The molecule has 2 aromatic carbocycles. The minimum absolute atomic E-state index is 0.0111. The molecule has 0 unspecified atom stereocenters. The van der Waals surface area contributed by atoms with E-state index in [2.05, 4.69) is 41.5 Å². The van der Waals surface area contributed by atoms with Crippen LogP contribution < -0.4 is 0 Å². The van der Waals surface area contributed by atoms with Gasteiger partial charge < -0.3 is 14.4 Å². The molecule has 2 amide bonds. The normalized spacial score (nSPS) is 19.5. The molecule has 0 spiro atoms. The molecule has 2 fully saturated rings. The van der Waals surface area contributed by atoms with E-state index in [1.807, 2.05) is 46.2 Å². The highest BCUT2D eigenvalue weighted by atomic mass is 16.2. The van der Waals surface area contributed by atoms with Crippen molar-refractivity contribution in [2.45, 2.75) is 39.3 Å². The number of benzene rings is 2. The predicted octanol–water partition coefficient (Wildman–Crippen LogP) is 3.81. The molecule has 3 heterocycles. The molecule has 5 rings (SSSR count). The first-order valence-electron chi connectivity index (χ1n) is 12.8. The summed E-state index contributed by atoms with van der Waals surface area (Å²) in [4.78, 5) is 37.3. The zero-order valence-corrected chi connectivity index (χ0v) is 20.8. The number of rotatable bonds is 5. The van der Waals surface area contributed by atoms with Gasteiger partial charge in [-0.05, 0) is 57.5 Å². The van der Waals surface area contributed by atoms with Gasteiger partial charge in [-0.25, -0.2) is 4.98 Å². The number of fused-ring (bicyclic) bond motifs is 1. The van der Waals surface area contributed by atoms with Gasteiger partial charge in [0.05, 0.1) is 23.5 Å². The highest BCUT2D eigenvalue weighted by Crippen LogP contribution is 2.25. The maximum absolute atomic E-state index is 13.4. The number of piperidine rings is 1. The fourth-order valence-electron chi connectivity index (χ4n) is 5.53. The van der Waals surface area contributed by atoms with Gasteiger partial charge in [-0.15, -0.1) is 0 Å². The molecule has 1 aromatic heterocycles. The number of amides is 2. The molecule has 7 nitrogen and oxygen atoms in total. The van der Waals surface area contributed by atoms with E-state index >= 15 is 0 Å². The number of nitrogens with zero attached hydrogens (tertiary/aromatic N) is 5. The molecular formula is C28H35N5O2. The third-order valence-corrected chi connectivity index (χ3v) is 7.30. The maximum atomic E-state index is 13.4. The standard InChI is InChI=1S/C28H35N5O2/c1-21(2)33-25-13-7-6-12-24(25)29-26(33)20-30-14-8-11-23(19-30)28(35)32-17-15-31(16-18-32)27(34)22-9-4-3-5-10-22/h3-7,9-10,12-13,21,23H,8,11,14-20H2,1-2H3/t23-/m0/s1. The number of carbonyl (C=O) groups excluding carboxylic acids is 2. The van der Waals surface area contributed by atoms with Crippen LogP contribution >= 0.6 is 0 Å². The van der Waals surface area contributed by atoms with Gasteiger partial charge in [-0.2, -0.15) is 0 Å². The van der Waals surface area contributed by atoms with Crippen molar-refractivity contribution in [2.24, 2.45) is 5.92 Å². The second-order valence-corrected chi connectivity index (χ2v) is 10.0. The summed E-state index contributed by atoms with van der Waals surface area (Å²) >= 11 is 0. The SMILES string of the molecule is CC(C)n1c(CN2CCC[C@H](C(=O)N3CCN(C(=O)c4ccccc4)CC3)C2)nc2ccccc21. The molecule has 3 aromatic rings. The van der Waals surface area contributed by atoms with E-state index < -0.39 is 0 Å². The molecule has 35 heavy (non-hydrogen) atoms. The van der Waals surface area contributed by atoms with Gasteiger partial charge >= 0.3 is 0 Å². The van der Waals surface area contributed by atoms with Gasteiger partial charge in [0, 0.05) is 44.3 Å². The van der Waals surface area contributed by atoms with Crippen molar-refractivity contribution in [3.8, 4) is 0 Å². The minimum Gasteiger partial charge on any atom is -0.339 e. The summed E-state index contributed by atoms with van der Waals surface area (Å²) in [7, 11) is 0. The summed E-state index contributed by atoms with van der Waals surface area (Å²) in [5.41, 5.74) is 2.91. The van der Waals surface area contributed by atoms with Crippen LogP contribution in [-0.4, -0.2) is 75.3 Å². The van der Waals surface area contributed by atoms with E-state index in [9.17, 15) is 9.59 Å². The molecular weight excluding hydrogens is 438 g/mol. The van der Waals surface area contributed by atoms with Crippen LogP contribution in [0, 0.1) is 5.92 Å². The Morgan fingerprint density at radius 1 is 0.914 bits per heavy atom. The minimum atomic E-state index is 0.0111. The van der Waals surface area contributed by atoms with Crippen LogP contribution in [-0.2, 0) is 11.3 Å². The van der Waals surface area contributed by atoms with Gasteiger partial charge in [0.2, 0.25) is 5.91 Å². The van der Waals surface area contributed by atoms with Crippen LogP contribution in [0.2, 0.25) is 0 Å². The van der Waals surface area contributed by atoms with E-state index in [0.717, 1.165) is 43.8 Å². The molecule has 2 aliphatic heterocycles. The van der Waals surface area contributed by atoms with Crippen molar-refractivity contribution < 1.29 is 9.59 Å². The van der Waals surface area contributed by atoms with Crippen molar-refractivity contribution >= 4 is 22.8 Å². The van der Waals surface area contributed by atoms with Crippen LogP contribution in [0.5, 0.6) is 0 Å². The average Bonchev–Trinajstić information content (AvgIpc) is 3.26. The summed E-state index contributed by atoms with van der Waals surface area (Å²) in [6, 6.07) is 18.0. The number of hydrogen-bond acceptors (Lipinski definition) is 4. The number of likely N-dealkylation sites (tertiary alicyclic amines) is 1. The van der Waals surface area contributed by atoms with Crippen LogP contribution in [0.4, 0.5) is 0 Å². The molecule has 2 aliphatic rings. The number of piperazine rings is 1. The molecule has 0 radical (unpaired) electrons. The molecule has 0 bridgehead atoms. The number of imidazole rings is 1. The van der Waals surface area contributed by atoms with E-state index in [4.69, 9.17) is 4.98 Å². The Morgan fingerprint density at radius 3 is 2.34 bits per heavy atom. The van der Waals surface area contributed by atoms with Crippen LogP contribution in [0.15, 0.2) is 54.6 Å². The van der Waals surface area contributed by atoms with Gasteiger partial charge in [-0.1, -0.05) is 30.3 Å². The highest BCUT2D eigenvalue weighted by Gasteiger charge is 2.32. The monoisotopic (exact) mass is 473 g/mol. The lowest BCUT2D eigenvalue weighted by molar-refractivity contribution is -0.139.